The number of ether oxygens (including phenoxy) is 2. The summed E-state index contributed by atoms with van der Waals surface area (Å²) in [5.41, 5.74) is 15.6. The van der Waals surface area contributed by atoms with Crippen molar-refractivity contribution >= 4 is 57.6 Å². The van der Waals surface area contributed by atoms with Gasteiger partial charge in [0.15, 0.2) is 0 Å². The van der Waals surface area contributed by atoms with Crippen molar-refractivity contribution in [1.82, 2.24) is 44.0 Å². The second-order valence-electron chi connectivity index (χ2n) is 13.6. The van der Waals surface area contributed by atoms with Crippen molar-refractivity contribution in [1.29, 1.82) is 0 Å². The number of allylic oxidation sites excluding steroid dienone is 2. The van der Waals surface area contributed by atoms with Crippen LogP contribution in [0.4, 0.5) is 11.9 Å². The van der Waals surface area contributed by atoms with Crippen molar-refractivity contribution in [3.8, 4) is 11.5 Å². The van der Waals surface area contributed by atoms with Gasteiger partial charge in [-0.05, 0) is 83.6 Å². The fraction of sp³-hybridized carbons (Fsp3) is 0.350. The maximum Gasteiger partial charge on any atom is 0.276 e. The van der Waals surface area contributed by atoms with Gasteiger partial charge in [0.25, 0.3) is 11.8 Å². The van der Waals surface area contributed by atoms with Crippen molar-refractivity contribution in [3.05, 3.63) is 82.5 Å². The molecule has 0 aliphatic carbocycles. The van der Waals surface area contributed by atoms with Crippen LogP contribution in [0.3, 0.4) is 0 Å². The molecule has 19 heteroatoms. The van der Waals surface area contributed by atoms with Gasteiger partial charge in [0.2, 0.25) is 23.7 Å². The lowest BCUT2D eigenvalue weighted by Gasteiger charge is -2.13. The van der Waals surface area contributed by atoms with Gasteiger partial charge in [-0.25, -0.2) is 9.97 Å². The quantitative estimate of drug-likeness (QED) is 0.0582. The number of hydrogen-bond acceptors (Lipinski definition) is 11. The predicted octanol–water partition coefficient (Wildman–Crippen LogP) is 3.78. The highest BCUT2D eigenvalue weighted by atomic mass is 16.5. The van der Waals surface area contributed by atoms with Crippen LogP contribution in [0.5, 0.6) is 11.5 Å². The molecule has 19 nitrogen and oxygen atoms in total. The highest BCUT2D eigenvalue weighted by Crippen LogP contribution is 2.33. The first-order valence-electron chi connectivity index (χ1n) is 19.3. The molecule has 0 unspecified atom stereocenters. The molecule has 0 spiro atoms. The van der Waals surface area contributed by atoms with E-state index in [1.165, 1.54) is 19.2 Å². The molecule has 0 bridgehead atoms. The van der Waals surface area contributed by atoms with E-state index in [1.54, 1.807) is 49.7 Å². The third-order valence-corrected chi connectivity index (χ3v) is 9.47. The first kappa shape index (κ1) is 41.6. The number of aryl methyl sites for hydroxylation is 4. The monoisotopic (exact) mass is 807 g/mol. The highest BCUT2D eigenvalue weighted by molar-refractivity contribution is 6.05. The Bertz CT molecular complexity index is 2580. The van der Waals surface area contributed by atoms with Crippen molar-refractivity contribution in [2.45, 2.75) is 67.2 Å². The molecule has 4 aromatic heterocycles. The Morgan fingerprint density at radius 2 is 1.19 bits per heavy atom. The molecule has 310 valence electrons. The van der Waals surface area contributed by atoms with E-state index in [9.17, 15) is 19.2 Å². The molecule has 4 amide bonds. The van der Waals surface area contributed by atoms with Gasteiger partial charge < -0.3 is 35.4 Å². The van der Waals surface area contributed by atoms with Crippen LogP contribution in [0.15, 0.2) is 48.6 Å². The SMILES string of the molecule is CCNCCCOc1cc(C(N)=O)cc2nc(NC(=O)c3cc(C)nn3CC)n(C/C=C/Cn3c(NC(=O)c4cc(C)nn4CC)nc4cc(C(N)=O)cc(OC)c43)c12. The lowest BCUT2D eigenvalue weighted by molar-refractivity contribution is 0.0991. The van der Waals surface area contributed by atoms with E-state index >= 15 is 0 Å². The van der Waals surface area contributed by atoms with Gasteiger partial charge in [-0.2, -0.15) is 10.2 Å². The number of carbonyl (C=O) groups is 4. The van der Waals surface area contributed by atoms with Gasteiger partial charge in [-0.15, -0.1) is 0 Å². The maximum atomic E-state index is 13.7. The van der Waals surface area contributed by atoms with Crippen LogP contribution in [0.1, 0.15) is 80.3 Å². The average Bonchev–Trinajstić information content (AvgIpc) is 3.97. The maximum absolute atomic E-state index is 13.7. The molecule has 0 aliphatic rings. The predicted molar refractivity (Wildman–Crippen MR) is 222 cm³/mol. The molecule has 6 aromatic rings. The Labute approximate surface area is 339 Å². The number of nitrogens with two attached hydrogens (primary N) is 2. The zero-order valence-electron chi connectivity index (χ0n) is 34.0. The van der Waals surface area contributed by atoms with Crippen molar-refractivity contribution in [2.75, 3.05) is 37.4 Å². The molecule has 0 saturated heterocycles. The zero-order valence-corrected chi connectivity index (χ0v) is 34.0. The third-order valence-electron chi connectivity index (χ3n) is 9.47. The van der Waals surface area contributed by atoms with Crippen molar-refractivity contribution < 1.29 is 28.7 Å². The van der Waals surface area contributed by atoms with Crippen LogP contribution < -0.4 is 36.9 Å². The topological polar surface area (TPSA) is 246 Å². The lowest BCUT2D eigenvalue weighted by Crippen LogP contribution is -2.20. The second-order valence-corrected chi connectivity index (χ2v) is 13.6. The molecule has 59 heavy (non-hydrogen) atoms. The summed E-state index contributed by atoms with van der Waals surface area (Å²) in [6.07, 6.45) is 4.39. The molecule has 2 aromatic carbocycles. The number of imidazole rings is 2. The van der Waals surface area contributed by atoms with Gasteiger partial charge in [-0.3, -0.25) is 39.2 Å². The zero-order chi connectivity index (χ0) is 42.4. The van der Waals surface area contributed by atoms with Crippen LogP contribution in [-0.4, -0.2) is 89.1 Å². The first-order valence-corrected chi connectivity index (χ1v) is 19.3. The molecular weight excluding hydrogens is 759 g/mol. The number of nitrogens with zero attached hydrogens (tertiary/aromatic N) is 8. The number of carbonyl (C=O) groups excluding carboxylic acids is 4. The number of benzene rings is 2. The van der Waals surface area contributed by atoms with Crippen molar-refractivity contribution in [3.63, 3.8) is 0 Å². The molecule has 0 radical (unpaired) electrons. The Morgan fingerprint density at radius 1 is 0.712 bits per heavy atom. The van der Waals surface area contributed by atoms with Gasteiger partial charge in [-0.1, -0.05) is 19.1 Å². The van der Waals surface area contributed by atoms with E-state index in [1.807, 2.05) is 39.8 Å². The summed E-state index contributed by atoms with van der Waals surface area (Å²) in [6, 6.07) is 9.57. The minimum Gasteiger partial charge on any atom is -0.494 e. The number of aromatic nitrogens is 8. The Balaban J connectivity index is 1.40. The smallest absolute Gasteiger partial charge is 0.276 e. The number of anilines is 2. The normalized spacial score (nSPS) is 11.5. The van der Waals surface area contributed by atoms with E-state index in [2.05, 4.69) is 31.1 Å². The largest absolute Gasteiger partial charge is 0.494 e. The summed E-state index contributed by atoms with van der Waals surface area (Å²) in [7, 11) is 1.46. The average molecular weight is 808 g/mol. The molecule has 7 N–H and O–H groups in total. The molecule has 0 atom stereocenters. The number of fused-ring (bicyclic) bond motifs is 2. The number of nitrogens with one attached hydrogen (secondary N) is 3. The molecule has 0 saturated carbocycles. The van der Waals surface area contributed by atoms with E-state index in [4.69, 9.17) is 25.9 Å². The number of hydrogen-bond donors (Lipinski definition) is 5. The minimum absolute atomic E-state index is 0.174. The molecule has 4 heterocycles. The number of primary amides is 2. The van der Waals surface area contributed by atoms with Crippen molar-refractivity contribution in [2.24, 2.45) is 11.5 Å². The van der Waals surface area contributed by atoms with E-state index < -0.39 is 23.6 Å². The number of amides is 4. The van der Waals surface area contributed by atoms with Crippen LogP contribution in [-0.2, 0) is 26.2 Å². The van der Waals surface area contributed by atoms with E-state index in [-0.39, 0.29) is 36.1 Å². The van der Waals surface area contributed by atoms with Crippen LogP contribution in [0.25, 0.3) is 22.1 Å². The second kappa shape index (κ2) is 18.1. The number of rotatable bonds is 19. The minimum atomic E-state index is -0.666. The molecule has 6 rings (SSSR count). The standard InChI is InChI=1S/C40H49N13O6/c1-7-43-13-12-16-59-32-22-26(36(42)55)20-28-34(32)51(40(45-28)47-38(57)30-18-24(5)49-53(30)9-3)15-11-10-14-50-33-27(19-25(35(41)54)21-31(33)58-6)44-39(50)46-37(56)29-17-23(4)48-52(29)8-2/h10-11,17-22,43H,7-9,12-16H2,1-6H3,(H2,41,54)(H2,42,55)(H,44,46,56)(H,45,47,57)/b11-10+. The van der Waals surface area contributed by atoms with Gasteiger partial charge in [0.1, 0.15) is 33.9 Å². The summed E-state index contributed by atoms with van der Waals surface area (Å²) in [5, 5.41) is 17.9. The Kier molecular flexibility index (Phi) is 12.7. The Morgan fingerprint density at radius 3 is 1.63 bits per heavy atom. The van der Waals surface area contributed by atoms with Crippen LogP contribution >= 0.6 is 0 Å². The summed E-state index contributed by atoms with van der Waals surface area (Å²) in [4.78, 5) is 61.4. The summed E-state index contributed by atoms with van der Waals surface area (Å²) >= 11 is 0. The molecule has 0 aliphatic heterocycles. The molecular formula is C40H49N13O6. The van der Waals surface area contributed by atoms with E-state index in [0.29, 0.717) is 82.5 Å². The summed E-state index contributed by atoms with van der Waals surface area (Å²) in [5.74, 6) is -1.11. The Hall–Kier alpha value is -7.02. The molecule has 0 fully saturated rings. The summed E-state index contributed by atoms with van der Waals surface area (Å²) < 4.78 is 18.7. The van der Waals surface area contributed by atoms with Gasteiger partial charge in [0, 0.05) is 37.3 Å². The lowest BCUT2D eigenvalue weighted by atomic mass is 10.1. The summed E-state index contributed by atoms with van der Waals surface area (Å²) in [6.45, 7) is 12.6. The first-order chi connectivity index (χ1) is 28.4. The fourth-order valence-corrected chi connectivity index (χ4v) is 6.74. The fourth-order valence-electron chi connectivity index (χ4n) is 6.74. The van der Waals surface area contributed by atoms with Crippen LogP contribution in [0, 0.1) is 13.8 Å². The van der Waals surface area contributed by atoms with E-state index in [0.717, 1.165) is 13.1 Å². The van der Waals surface area contributed by atoms with Gasteiger partial charge in [0.05, 0.1) is 36.1 Å². The van der Waals surface area contributed by atoms with Crippen LogP contribution in [0.2, 0.25) is 0 Å². The van der Waals surface area contributed by atoms with Gasteiger partial charge >= 0.3 is 0 Å². The third kappa shape index (κ3) is 8.94. The number of methoxy groups -OCH3 is 1. The highest BCUT2D eigenvalue weighted by Gasteiger charge is 2.23.